The average Bonchev–Trinajstić information content (AvgIpc) is 2.76. The first-order valence-electron chi connectivity index (χ1n) is 10.3. The summed E-state index contributed by atoms with van der Waals surface area (Å²) < 4.78 is 11.3. The fraction of sp³-hybridized carbons (Fsp3) is 0.333. The molecule has 156 valence electrons. The lowest BCUT2D eigenvalue weighted by atomic mass is 9.98. The van der Waals surface area contributed by atoms with E-state index in [9.17, 15) is 14.7 Å². The summed E-state index contributed by atoms with van der Waals surface area (Å²) in [6, 6.07) is 11.4. The number of carbonyl (C=O) groups is 1. The van der Waals surface area contributed by atoms with Crippen molar-refractivity contribution in [1.82, 2.24) is 0 Å². The Labute approximate surface area is 174 Å². The van der Waals surface area contributed by atoms with E-state index >= 15 is 0 Å². The molecular formula is C24H25NO5. The van der Waals surface area contributed by atoms with Crippen LogP contribution in [0.4, 0.5) is 5.69 Å². The summed E-state index contributed by atoms with van der Waals surface area (Å²) in [5, 5.41) is 9.93. The van der Waals surface area contributed by atoms with Crippen LogP contribution >= 0.6 is 0 Å². The molecule has 1 aliphatic rings. The zero-order valence-electron chi connectivity index (χ0n) is 17.2. The van der Waals surface area contributed by atoms with Gasteiger partial charge in [-0.05, 0) is 55.5 Å². The minimum absolute atomic E-state index is 0.0403. The number of aliphatic hydroxyl groups excluding tert-OH is 1. The molecule has 0 saturated carbocycles. The minimum atomic E-state index is -0.435. The van der Waals surface area contributed by atoms with Crippen LogP contribution in [0.5, 0.6) is 5.75 Å². The van der Waals surface area contributed by atoms with Crippen molar-refractivity contribution in [3.8, 4) is 5.75 Å². The van der Waals surface area contributed by atoms with E-state index in [1.807, 2.05) is 38.1 Å². The molecule has 0 fully saturated rings. The van der Waals surface area contributed by atoms with E-state index in [4.69, 9.17) is 9.15 Å². The van der Waals surface area contributed by atoms with Gasteiger partial charge in [-0.3, -0.25) is 4.79 Å². The van der Waals surface area contributed by atoms with Crippen LogP contribution in [0, 0.1) is 6.92 Å². The van der Waals surface area contributed by atoms with E-state index in [0.717, 1.165) is 35.0 Å². The molecule has 2 heterocycles. The zero-order valence-corrected chi connectivity index (χ0v) is 17.2. The molecule has 3 aromatic rings. The van der Waals surface area contributed by atoms with Gasteiger partial charge in [0.1, 0.15) is 17.9 Å². The van der Waals surface area contributed by atoms with Crippen molar-refractivity contribution in [3.05, 3.63) is 69.1 Å². The van der Waals surface area contributed by atoms with Crippen molar-refractivity contribution in [3.63, 3.8) is 0 Å². The summed E-state index contributed by atoms with van der Waals surface area (Å²) in [7, 11) is 0. The molecule has 2 aromatic carbocycles. The van der Waals surface area contributed by atoms with Crippen LogP contribution in [0.15, 0.2) is 45.6 Å². The lowest BCUT2D eigenvalue weighted by Crippen LogP contribution is -2.36. The maximum atomic E-state index is 13.8. The Balaban J connectivity index is 1.94. The van der Waals surface area contributed by atoms with Gasteiger partial charge >= 0.3 is 5.63 Å². The molecule has 0 spiro atoms. The Kier molecular flexibility index (Phi) is 5.59. The number of hydrogen-bond donors (Lipinski definition) is 1. The topological polar surface area (TPSA) is 80.0 Å². The molecule has 0 aliphatic carbocycles. The summed E-state index contributed by atoms with van der Waals surface area (Å²) in [5.41, 5.74) is 3.41. The average molecular weight is 407 g/mol. The molecule has 0 unspecified atom stereocenters. The highest BCUT2D eigenvalue weighted by Crippen LogP contribution is 2.35. The summed E-state index contributed by atoms with van der Waals surface area (Å²) >= 11 is 0. The van der Waals surface area contributed by atoms with Crippen LogP contribution in [0.25, 0.3) is 11.0 Å². The number of fused-ring (bicyclic) bond motifs is 2. The molecular weight excluding hydrogens is 382 g/mol. The van der Waals surface area contributed by atoms with Gasteiger partial charge in [0.2, 0.25) is 0 Å². The van der Waals surface area contributed by atoms with E-state index < -0.39 is 5.63 Å². The predicted octanol–water partition coefficient (Wildman–Crippen LogP) is 3.63. The summed E-state index contributed by atoms with van der Waals surface area (Å²) in [6.45, 7) is 4.20. The molecule has 6 heteroatoms. The second-order valence-corrected chi connectivity index (χ2v) is 7.42. The molecule has 1 aliphatic heterocycles. The summed E-state index contributed by atoms with van der Waals surface area (Å²) in [6.07, 6.45) is 2.32. The number of aryl methyl sites for hydroxylation is 2. The maximum absolute atomic E-state index is 13.8. The van der Waals surface area contributed by atoms with E-state index in [1.54, 1.807) is 17.0 Å². The van der Waals surface area contributed by atoms with Crippen LogP contribution < -0.4 is 15.3 Å². The Morgan fingerprint density at radius 1 is 1.23 bits per heavy atom. The number of amides is 1. The molecule has 6 nitrogen and oxygen atoms in total. The number of hydrogen-bond acceptors (Lipinski definition) is 5. The third-order valence-electron chi connectivity index (χ3n) is 5.69. The largest absolute Gasteiger partial charge is 0.490 e. The van der Waals surface area contributed by atoms with Crippen molar-refractivity contribution in [2.75, 3.05) is 24.7 Å². The van der Waals surface area contributed by atoms with Crippen LogP contribution in [0.2, 0.25) is 0 Å². The number of anilines is 1. The van der Waals surface area contributed by atoms with Gasteiger partial charge in [0.15, 0.2) is 5.58 Å². The second kappa shape index (κ2) is 8.32. The number of ether oxygens (including phenoxy) is 1. The lowest BCUT2D eigenvalue weighted by molar-refractivity contribution is 0.0980. The van der Waals surface area contributed by atoms with Crippen LogP contribution in [0.1, 0.15) is 40.4 Å². The first-order valence-corrected chi connectivity index (χ1v) is 10.3. The number of aliphatic hydroxyl groups is 1. The SMILES string of the molecule is CCc1c(C)c2ccc(OCCO)c(C(=O)N3CCCc4ccccc43)c2oc1=O. The van der Waals surface area contributed by atoms with Gasteiger partial charge in [0.25, 0.3) is 5.91 Å². The van der Waals surface area contributed by atoms with E-state index in [0.29, 0.717) is 24.3 Å². The molecule has 4 rings (SSSR count). The zero-order chi connectivity index (χ0) is 21.3. The Morgan fingerprint density at radius 3 is 2.80 bits per heavy atom. The van der Waals surface area contributed by atoms with E-state index in [1.165, 1.54) is 0 Å². The molecule has 1 aromatic heterocycles. The predicted molar refractivity (Wildman–Crippen MR) is 116 cm³/mol. The van der Waals surface area contributed by atoms with Crippen LogP contribution in [0.3, 0.4) is 0 Å². The summed E-state index contributed by atoms with van der Waals surface area (Å²) in [4.78, 5) is 28.1. The van der Waals surface area contributed by atoms with Gasteiger partial charge < -0.3 is 19.2 Å². The monoisotopic (exact) mass is 407 g/mol. The normalized spacial score (nSPS) is 13.4. The van der Waals surface area contributed by atoms with Crippen LogP contribution in [-0.4, -0.2) is 30.8 Å². The molecule has 1 N–H and O–H groups in total. The molecule has 0 atom stereocenters. The molecule has 1 amide bonds. The first kappa shape index (κ1) is 20.2. The third-order valence-corrected chi connectivity index (χ3v) is 5.69. The number of benzene rings is 2. The van der Waals surface area contributed by atoms with Crippen LogP contribution in [-0.2, 0) is 12.8 Å². The number of carbonyl (C=O) groups excluding carboxylic acids is 1. The Morgan fingerprint density at radius 2 is 2.03 bits per heavy atom. The third kappa shape index (κ3) is 3.37. The standard InChI is InChI=1S/C24H25NO5/c1-3-17-15(2)18-10-11-20(29-14-13-26)21(22(18)30-24(17)28)23(27)25-12-6-8-16-7-4-5-9-19(16)25/h4-5,7,9-11,26H,3,6,8,12-14H2,1-2H3. The van der Waals surface area contributed by atoms with Gasteiger partial charge in [-0.1, -0.05) is 25.1 Å². The fourth-order valence-corrected chi connectivity index (χ4v) is 4.20. The van der Waals surface area contributed by atoms with Gasteiger partial charge in [0, 0.05) is 23.2 Å². The number of para-hydroxylation sites is 1. The number of nitrogens with zero attached hydrogens (tertiary/aromatic N) is 1. The van der Waals surface area contributed by atoms with Crippen molar-refractivity contribution in [1.29, 1.82) is 0 Å². The van der Waals surface area contributed by atoms with Crippen molar-refractivity contribution in [2.24, 2.45) is 0 Å². The molecule has 30 heavy (non-hydrogen) atoms. The number of rotatable bonds is 5. The van der Waals surface area contributed by atoms with Gasteiger partial charge in [-0.2, -0.15) is 0 Å². The highest BCUT2D eigenvalue weighted by molar-refractivity contribution is 6.15. The summed E-state index contributed by atoms with van der Waals surface area (Å²) in [5.74, 6) is 0.0314. The lowest BCUT2D eigenvalue weighted by Gasteiger charge is -2.30. The Bertz CT molecular complexity index is 1160. The minimum Gasteiger partial charge on any atom is -0.490 e. The smallest absolute Gasteiger partial charge is 0.339 e. The van der Waals surface area contributed by atoms with Gasteiger partial charge in [-0.15, -0.1) is 0 Å². The quantitative estimate of drug-likeness (QED) is 0.654. The molecule has 0 bridgehead atoms. The highest BCUT2D eigenvalue weighted by Gasteiger charge is 2.29. The van der Waals surface area contributed by atoms with Gasteiger partial charge in [-0.25, -0.2) is 4.79 Å². The van der Waals surface area contributed by atoms with E-state index in [2.05, 4.69) is 0 Å². The molecule has 0 saturated heterocycles. The molecule has 0 radical (unpaired) electrons. The second-order valence-electron chi connectivity index (χ2n) is 7.42. The first-order chi connectivity index (χ1) is 14.6. The van der Waals surface area contributed by atoms with Crippen molar-refractivity contribution < 1.29 is 19.1 Å². The maximum Gasteiger partial charge on any atom is 0.339 e. The highest BCUT2D eigenvalue weighted by atomic mass is 16.5. The van der Waals surface area contributed by atoms with Crippen molar-refractivity contribution >= 4 is 22.6 Å². The van der Waals surface area contributed by atoms with E-state index in [-0.39, 0.29) is 30.3 Å². The van der Waals surface area contributed by atoms with Gasteiger partial charge in [0.05, 0.1) is 6.61 Å². The Hall–Kier alpha value is -3.12. The van der Waals surface area contributed by atoms with Crippen molar-refractivity contribution in [2.45, 2.75) is 33.1 Å². The fourth-order valence-electron chi connectivity index (χ4n) is 4.20.